The van der Waals surface area contributed by atoms with Crippen molar-refractivity contribution in [2.24, 2.45) is 0 Å². The van der Waals surface area contributed by atoms with E-state index in [4.69, 9.17) is 9.47 Å². The van der Waals surface area contributed by atoms with Gasteiger partial charge in [0.25, 0.3) is 0 Å². The molecular formula is C31H25N2O2+. The maximum Gasteiger partial charge on any atom is 0.468 e. The van der Waals surface area contributed by atoms with Gasteiger partial charge in [-0.1, -0.05) is 48.5 Å². The standard InChI is InChI=1S/C31H25N2O2/c1-21-11-10-14-25-28-16-7-9-18-33(28)31(34-29(21)25)35-30-22(2)19-24(23-12-4-3-5-13-23)20-26(30)27-15-6-8-17-32-27/h3-20,31H,1-2H3/q+1. The topological polar surface area (TPSA) is 35.2 Å². The summed E-state index contributed by atoms with van der Waals surface area (Å²) in [7, 11) is 0. The minimum atomic E-state index is -0.650. The number of fused-ring (bicyclic) bond motifs is 3. The molecule has 0 fully saturated rings. The van der Waals surface area contributed by atoms with Crippen molar-refractivity contribution in [3.8, 4) is 45.1 Å². The molecule has 0 saturated carbocycles. The summed E-state index contributed by atoms with van der Waals surface area (Å²) < 4.78 is 15.2. The van der Waals surface area contributed by atoms with E-state index in [1.54, 1.807) is 0 Å². The molecule has 1 aliphatic heterocycles. The van der Waals surface area contributed by atoms with Crippen molar-refractivity contribution >= 4 is 0 Å². The average Bonchev–Trinajstić information content (AvgIpc) is 2.91. The van der Waals surface area contributed by atoms with Gasteiger partial charge < -0.3 is 9.47 Å². The largest absolute Gasteiger partial charge is 0.468 e. The molecule has 2 aromatic heterocycles. The molecule has 0 N–H and O–H groups in total. The second-order valence-electron chi connectivity index (χ2n) is 8.74. The van der Waals surface area contributed by atoms with E-state index in [0.29, 0.717) is 0 Å². The second-order valence-corrected chi connectivity index (χ2v) is 8.74. The van der Waals surface area contributed by atoms with Crippen LogP contribution in [0.5, 0.6) is 11.5 Å². The van der Waals surface area contributed by atoms with Crippen LogP contribution in [0.25, 0.3) is 33.6 Å². The van der Waals surface area contributed by atoms with Gasteiger partial charge in [-0.15, -0.1) is 4.57 Å². The van der Waals surface area contributed by atoms with Crippen molar-refractivity contribution in [1.82, 2.24) is 4.98 Å². The summed E-state index contributed by atoms with van der Waals surface area (Å²) in [6.45, 7) is 4.14. The number of aromatic nitrogens is 2. The monoisotopic (exact) mass is 457 g/mol. The third-order valence-corrected chi connectivity index (χ3v) is 6.36. The fraction of sp³-hybridized carbons (Fsp3) is 0.0968. The predicted octanol–water partition coefficient (Wildman–Crippen LogP) is 6.91. The molecule has 4 heteroatoms. The van der Waals surface area contributed by atoms with Crippen molar-refractivity contribution in [2.45, 2.75) is 20.3 Å². The van der Waals surface area contributed by atoms with E-state index in [1.807, 2.05) is 53.4 Å². The van der Waals surface area contributed by atoms with E-state index in [0.717, 1.165) is 56.3 Å². The summed E-state index contributed by atoms with van der Waals surface area (Å²) in [6.07, 6.45) is 3.16. The molecule has 1 atom stereocenters. The Bertz CT molecular complexity index is 1510. The van der Waals surface area contributed by atoms with Crippen LogP contribution < -0.4 is 14.0 Å². The SMILES string of the molecule is Cc1cc(-c2ccccc2)cc(-c2ccccn2)c1OC1Oc2c(C)cccc2-c2cccc[n+]21. The molecule has 5 aromatic rings. The number of ether oxygens (including phenoxy) is 2. The fourth-order valence-corrected chi connectivity index (χ4v) is 4.66. The van der Waals surface area contributed by atoms with Crippen LogP contribution >= 0.6 is 0 Å². The van der Waals surface area contributed by atoms with Crippen molar-refractivity contribution in [1.29, 1.82) is 0 Å². The third kappa shape index (κ3) is 3.83. The molecule has 0 aliphatic carbocycles. The highest BCUT2D eigenvalue weighted by Gasteiger charge is 2.36. The van der Waals surface area contributed by atoms with E-state index in [9.17, 15) is 0 Å². The number of benzene rings is 3. The zero-order valence-corrected chi connectivity index (χ0v) is 19.7. The van der Waals surface area contributed by atoms with Gasteiger partial charge in [-0.25, -0.2) is 0 Å². The molecule has 0 spiro atoms. The first-order valence-corrected chi connectivity index (χ1v) is 11.7. The van der Waals surface area contributed by atoms with Gasteiger partial charge in [0, 0.05) is 23.9 Å². The number of nitrogens with zero attached hydrogens (tertiary/aromatic N) is 2. The first-order valence-electron chi connectivity index (χ1n) is 11.7. The summed E-state index contributed by atoms with van der Waals surface area (Å²) in [5, 5.41) is 0. The van der Waals surface area contributed by atoms with Crippen LogP contribution in [-0.4, -0.2) is 4.98 Å². The molecule has 170 valence electrons. The van der Waals surface area contributed by atoms with Gasteiger partial charge in [0.05, 0.1) is 11.3 Å². The summed E-state index contributed by atoms with van der Waals surface area (Å²) in [6, 6.07) is 33.0. The third-order valence-electron chi connectivity index (χ3n) is 6.36. The first-order chi connectivity index (χ1) is 17.2. The lowest BCUT2D eigenvalue weighted by Crippen LogP contribution is -2.50. The Kier molecular flexibility index (Phi) is 5.27. The number of hydrogen-bond donors (Lipinski definition) is 0. The lowest BCUT2D eigenvalue weighted by molar-refractivity contribution is -0.780. The zero-order chi connectivity index (χ0) is 23.8. The average molecular weight is 458 g/mol. The van der Waals surface area contributed by atoms with Crippen molar-refractivity contribution in [3.05, 3.63) is 121 Å². The molecule has 0 bridgehead atoms. The first kappa shape index (κ1) is 21.1. The van der Waals surface area contributed by atoms with Gasteiger partial charge in [-0.05, 0) is 72.5 Å². The summed E-state index contributed by atoms with van der Waals surface area (Å²) in [5.74, 6) is 1.61. The minimum Gasteiger partial charge on any atom is -0.401 e. The Labute approximate surface area is 205 Å². The molecule has 0 radical (unpaired) electrons. The molecule has 3 heterocycles. The molecule has 4 nitrogen and oxygen atoms in total. The highest BCUT2D eigenvalue weighted by atomic mass is 16.7. The van der Waals surface area contributed by atoms with Gasteiger partial charge in [0.1, 0.15) is 11.5 Å². The van der Waals surface area contributed by atoms with Gasteiger partial charge in [-0.2, -0.15) is 0 Å². The lowest BCUT2D eigenvalue weighted by Gasteiger charge is -2.25. The maximum absolute atomic E-state index is 6.70. The molecule has 6 rings (SSSR count). The van der Waals surface area contributed by atoms with Crippen LogP contribution in [0.1, 0.15) is 17.5 Å². The quantitative estimate of drug-likeness (QED) is 0.275. The van der Waals surface area contributed by atoms with Crippen LogP contribution in [0.3, 0.4) is 0 Å². The summed E-state index contributed by atoms with van der Waals surface area (Å²) in [5.41, 5.74) is 8.27. The normalized spacial score (nSPS) is 13.9. The van der Waals surface area contributed by atoms with Crippen molar-refractivity contribution in [3.63, 3.8) is 0 Å². The van der Waals surface area contributed by atoms with Crippen molar-refractivity contribution < 1.29 is 14.0 Å². The molecule has 1 aliphatic rings. The Hall–Kier alpha value is -4.44. The number of pyridine rings is 2. The molecule has 0 amide bonds. The summed E-state index contributed by atoms with van der Waals surface area (Å²) >= 11 is 0. The van der Waals surface area contributed by atoms with Crippen LogP contribution in [0.4, 0.5) is 0 Å². The van der Waals surface area contributed by atoms with E-state index in [2.05, 4.69) is 79.5 Å². The Morgan fingerprint density at radius 3 is 2.40 bits per heavy atom. The van der Waals surface area contributed by atoms with Crippen LogP contribution in [0, 0.1) is 13.8 Å². The molecule has 0 saturated heterocycles. The maximum atomic E-state index is 6.70. The zero-order valence-electron chi connectivity index (χ0n) is 19.7. The number of para-hydroxylation sites is 1. The Morgan fingerprint density at radius 2 is 1.57 bits per heavy atom. The minimum absolute atomic E-state index is 0.650. The highest BCUT2D eigenvalue weighted by Crippen LogP contribution is 2.41. The van der Waals surface area contributed by atoms with Crippen molar-refractivity contribution in [2.75, 3.05) is 0 Å². The lowest BCUT2D eigenvalue weighted by atomic mass is 9.97. The van der Waals surface area contributed by atoms with Gasteiger partial charge in [0.2, 0.25) is 5.69 Å². The number of hydrogen-bond acceptors (Lipinski definition) is 3. The molecule has 1 unspecified atom stereocenters. The van der Waals surface area contributed by atoms with E-state index >= 15 is 0 Å². The smallest absolute Gasteiger partial charge is 0.401 e. The Balaban J connectivity index is 1.49. The molecular weight excluding hydrogens is 432 g/mol. The number of aryl methyl sites for hydroxylation is 2. The van der Waals surface area contributed by atoms with Gasteiger partial charge in [-0.3, -0.25) is 4.98 Å². The Morgan fingerprint density at radius 1 is 0.743 bits per heavy atom. The summed E-state index contributed by atoms with van der Waals surface area (Å²) in [4.78, 5) is 4.65. The van der Waals surface area contributed by atoms with Crippen LogP contribution in [-0.2, 0) is 0 Å². The van der Waals surface area contributed by atoms with Crippen LogP contribution in [0.15, 0.2) is 109 Å². The van der Waals surface area contributed by atoms with E-state index < -0.39 is 6.41 Å². The second kappa shape index (κ2) is 8.73. The molecule has 3 aromatic carbocycles. The highest BCUT2D eigenvalue weighted by molar-refractivity contribution is 5.78. The van der Waals surface area contributed by atoms with Gasteiger partial charge >= 0.3 is 6.41 Å². The van der Waals surface area contributed by atoms with Crippen LogP contribution in [0.2, 0.25) is 0 Å². The molecule has 35 heavy (non-hydrogen) atoms. The fourth-order valence-electron chi connectivity index (χ4n) is 4.66. The van der Waals surface area contributed by atoms with Gasteiger partial charge in [0.15, 0.2) is 6.20 Å². The predicted molar refractivity (Wildman–Crippen MR) is 137 cm³/mol. The van der Waals surface area contributed by atoms with E-state index in [-0.39, 0.29) is 0 Å². The van der Waals surface area contributed by atoms with E-state index in [1.165, 1.54) is 0 Å². The number of rotatable bonds is 4.